The average Bonchev–Trinajstić information content (AvgIpc) is 2.74. The summed E-state index contributed by atoms with van der Waals surface area (Å²) in [5, 5.41) is 9.76. The molecule has 0 atom stereocenters. The Kier molecular flexibility index (Phi) is 6.07. The molecule has 5 heteroatoms. The van der Waals surface area contributed by atoms with Crippen LogP contribution in [0.2, 0.25) is 0 Å². The Bertz CT molecular complexity index is 973. The van der Waals surface area contributed by atoms with Crippen molar-refractivity contribution in [2.75, 3.05) is 19.6 Å². The third kappa shape index (κ3) is 4.27. The van der Waals surface area contributed by atoms with Gasteiger partial charge in [-0.15, -0.1) is 0 Å². The Hall–Kier alpha value is -1.14. The Morgan fingerprint density at radius 3 is 2.50 bits per heavy atom. The molecular weight excluding hydrogens is 461 g/mol. The van der Waals surface area contributed by atoms with Crippen LogP contribution in [0.25, 0.3) is 5.57 Å². The smallest absolute Gasteiger partial charge is 0.124 e. The molecule has 0 aromatic heterocycles. The molecule has 2 aromatic rings. The number of likely N-dealkylation sites (tertiary alicyclic amines) is 1. The number of aliphatic hydroxyl groups excluding tert-OH is 1. The van der Waals surface area contributed by atoms with E-state index in [-0.39, 0.29) is 11.9 Å². The van der Waals surface area contributed by atoms with Crippen molar-refractivity contribution in [2.24, 2.45) is 5.92 Å². The van der Waals surface area contributed by atoms with E-state index in [0.29, 0.717) is 0 Å². The van der Waals surface area contributed by atoms with Crippen molar-refractivity contribution in [3.63, 3.8) is 0 Å². The van der Waals surface area contributed by atoms with Crippen LogP contribution in [0.4, 0.5) is 4.39 Å². The Morgan fingerprint density at radius 2 is 1.73 bits per heavy atom. The quantitative estimate of drug-likeness (QED) is 0.446. The lowest BCUT2D eigenvalue weighted by atomic mass is 9.85. The van der Waals surface area contributed by atoms with Crippen LogP contribution >= 0.6 is 27.7 Å². The number of benzene rings is 2. The van der Waals surface area contributed by atoms with E-state index in [2.05, 4.69) is 39.0 Å². The highest BCUT2D eigenvalue weighted by molar-refractivity contribution is 9.10. The number of rotatable bonds is 2. The summed E-state index contributed by atoms with van der Waals surface area (Å²) in [5.41, 5.74) is 5.27. The maximum absolute atomic E-state index is 13.9. The van der Waals surface area contributed by atoms with Gasteiger partial charge in [-0.2, -0.15) is 0 Å². The second-order valence-corrected chi connectivity index (χ2v) is 10.8. The van der Waals surface area contributed by atoms with Crippen LogP contribution in [-0.4, -0.2) is 35.7 Å². The molecule has 2 aromatic carbocycles. The zero-order chi connectivity index (χ0) is 20.7. The summed E-state index contributed by atoms with van der Waals surface area (Å²) < 4.78 is 15.0. The first-order chi connectivity index (χ1) is 14.6. The maximum atomic E-state index is 13.9. The van der Waals surface area contributed by atoms with E-state index in [9.17, 15) is 9.50 Å². The van der Waals surface area contributed by atoms with Crippen LogP contribution in [0.15, 0.2) is 56.2 Å². The first-order valence-electron chi connectivity index (χ1n) is 11.0. The summed E-state index contributed by atoms with van der Waals surface area (Å²) in [4.78, 5) is 4.84. The fourth-order valence-electron chi connectivity index (χ4n) is 5.17. The average molecular weight is 488 g/mol. The van der Waals surface area contributed by atoms with Gasteiger partial charge >= 0.3 is 0 Å². The molecule has 0 amide bonds. The van der Waals surface area contributed by atoms with Gasteiger partial charge in [0, 0.05) is 33.9 Å². The van der Waals surface area contributed by atoms with E-state index in [4.69, 9.17) is 0 Å². The number of nitrogens with zero attached hydrogens (tertiary/aromatic N) is 1. The van der Waals surface area contributed by atoms with Crippen molar-refractivity contribution >= 4 is 33.3 Å². The zero-order valence-electron chi connectivity index (χ0n) is 17.0. The second-order valence-electron chi connectivity index (χ2n) is 8.84. The van der Waals surface area contributed by atoms with Crippen molar-refractivity contribution in [3.05, 3.63) is 63.4 Å². The Balaban J connectivity index is 1.40. The minimum Gasteiger partial charge on any atom is -0.393 e. The van der Waals surface area contributed by atoms with Crippen LogP contribution in [0.5, 0.6) is 0 Å². The van der Waals surface area contributed by atoms with Crippen molar-refractivity contribution in [2.45, 2.75) is 54.4 Å². The molecule has 158 valence electrons. The first kappa shape index (κ1) is 20.7. The molecule has 0 unspecified atom stereocenters. The predicted octanol–water partition coefficient (Wildman–Crippen LogP) is 6.50. The summed E-state index contributed by atoms with van der Waals surface area (Å²) in [6.07, 6.45) is 6.30. The molecule has 5 rings (SSSR count). The highest BCUT2D eigenvalue weighted by Gasteiger charge is 2.28. The predicted molar refractivity (Wildman–Crippen MR) is 124 cm³/mol. The summed E-state index contributed by atoms with van der Waals surface area (Å²) in [5.74, 6) is 0.563. The lowest BCUT2D eigenvalue weighted by Gasteiger charge is -2.35. The molecule has 2 nitrogen and oxygen atoms in total. The number of hydrogen-bond donors (Lipinski definition) is 1. The standard InChI is InChI=1S/C25H27BrFNOS/c26-18-3-8-23-22(13-18)25(21-7-4-19(27)14-24(21)30-23)17-9-11-28(12-10-17)15-16-1-5-20(29)6-2-16/h3-4,7-8,13-14,16,20,29H,1-2,5-6,9-12,15H2. The van der Waals surface area contributed by atoms with Crippen molar-refractivity contribution in [3.8, 4) is 0 Å². The molecule has 0 radical (unpaired) electrons. The fourth-order valence-corrected chi connectivity index (χ4v) is 6.62. The summed E-state index contributed by atoms with van der Waals surface area (Å²) in [7, 11) is 0. The largest absolute Gasteiger partial charge is 0.393 e. The summed E-state index contributed by atoms with van der Waals surface area (Å²) in [6.45, 7) is 3.34. The van der Waals surface area contributed by atoms with Crippen LogP contribution < -0.4 is 0 Å². The van der Waals surface area contributed by atoms with Gasteiger partial charge in [0.2, 0.25) is 0 Å². The van der Waals surface area contributed by atoms with Crippen LogP contribution in [0, 0.1) is 11.7 Å². The van der Waals surface area contributed by atoms with Gasteiger partial charge in [0.25, 0.3) is 0 Å². The van der Waals surface area contributed by atoms with Crippen molar-refractivity contribution < 1.29 is 9.50 Å². The molecular formula is C25H27BrFNOS. The van der Waals surface area contributed by atoms with E-state index >= 15 is 0 Å². The van der Waals surface area contributed by atoms with Gasteiger partial charge in [0.15, 0.2) is 0 Å². The number of fused-ring (bicyclic) bond motifs is 2. The van der Waals surface area contributed by atoms with Gasteiger partial charge < -0.3 is 10.0 Å². The van der Waals surface area contributed by atoms with Crippen LogP contribution in [-0.2, 0) is 0 Å². The third-order valence-electron chi connectivity index (χ3n) is 6.79. The number of piperidine rings is 1. The van der Waals surface area contributed by atoms with Crippen LogP contribution in [0.3, 0.4) is 0 Å². The molecule has 1 aliphatic carbocycles. The SMILES string of the molecule is OC1CCC(CN2CCC(=C3c4ccc(F)cc4Sc4ccc(Br)cc43)CC2)CC1. The Morgan fingerprint density at radius 1 is 0.967 bits per heavy atom. The lowest BCUT2D eigenvalue weighted by Crippen LogP contribution is -2.36. The maximum Gasteiger partial charge on any atom is 0.124 e. The minimum absolute atomic E-state index is 0.0765. The molecule has 0 spiro atoms. The molecule has 30 heavy (non-hydrogen) atoms. The molecule has 3 aliphatic rings. The van der Waals surface area contributed by atoms with E-state index < -0.39 is 0 Å². The summed E-state index contributed by atoms with van der Waals surface area (Å²) >= 11 is 5.32. The molecule has 1 N–H and O–H groups in total. The van der Waals surface area contributed by atoms with Crippen molar-refractivity contribution in [1.82, 2.24) is 4.90 Å². The minimum atomic E-state index is -0.168. The fraction of sp³-hybridized carbons (Fsp3) is 0.440. The molecule has 0 bridgehead atoms. The molecule has 2 aliphatic heterocycles. The Labute approximate surface area is 190 Å². The molecule has 1 saturated heterocycles. The van der Waals surface area contributed by atoms with Gasteiger partial charge in [-0.25, -0.2) is 4.39 Å². The molecule has 2 heterocycles. The van der Waals surface area contributed by atoms with Crippen LogP contribution in [0.1, 0.15) is 49.7 Å². The van der Waals surface area contributed by atoms with Crippen molar-refractivity contribution in [1.29, 1.82) is 0 Å². The highest BCUT2D eigenvalue weighted by atomic mass is 79.9. The zero-order valence-corrected chi connectivity index (χ0v) is 19.4. The van der Waals surface area contributed by atoms with Gasteiger partial charge in [-0.05, 0) is 91.5 Å². The van der Waals surface area contributed by atoms with Gasteiger partial charge in [-0.3, -0.25) is 0 Å². The summed E-state index contributed by atoms with van der Waals surface area (Å²) in [6, 6.07) is 11.7. The second kappa shape index (κ2) is 8.78. The normalized spacial score (nSPS) is 24.5. The highest BCUT2D eigenvalue weighted by Crippen LogP contribution is 2.48. The number of halogens is 2. The number of hydrogen-bond acceptors (Lipinski definition) is 3. The van der Waals surface area contributed by atoms with E-state index in [1.165, 1.54) is 27.2 Å². The number of aliphatic hydroxyl groups is 1. The molecule has 2 fully saturated rings. The van der Waals surface area contributed by atoms with Gasteiger partial charge in [0.05, 0.1) is 6.10 Å². The monoisotopic (exact) mass is 487 g/mol. The van der Waals surface area contributed by atoms with E-state index in [1.54, 1.807) is 23.9 Å². The lowest BCUT2D eigenvalue weighted by molar-refractivity contribution is 0.0923. The first-order valence-corrected chi connectivity index (χ1v) is 12.6. The molecule has 1 saturated carbocycles. The third-order valence-corrected chi connectivity index (χ3v) is 8.42. The van der Waals surface area contributed by atoms with Gasteiger partial charge in [0.1, 0.15) is 5.82 Å². The van der Waals surface area contributed by atoms with E-state index in [0.717, 1.165) is 73.4 Å². The van der Waals surface area contributed by atoms with E-state index in [1.807, 2.05) is 6.07 Å². The van der Waals surface area contributed by atoms with Gasteiger partial charge in [-0.1, -0.05) is 39.3 Å². The topological polar surface area (TPSA) is 23.5 Å².